The monoisotopic (exact) mass is 458 g/mol. The fourth-order valence-corrected chi connectivity index (χ4v) is 4.52. The zero-order chi connectivity index (χ0) is 23.7. The van der Waals surface area contributed by atoms with E-state index in [9.17, 15) is 9.59 Å². The lowest BCUT2D eigenvalue weighted by Crippen LogP contribution is -2.34. The first-order valence-electron chi connectivity index (χ1n) is 11.9. The smallest absolute Gasteiger partial charge is 0.256 e. The van der Waals surface area contributed by atoms with Gasteiger partial charge in [0.25, 0.3) is 11.8 Å². The number of carbonyl (C=O) groups is 2. The molecule has 8 heteroatoms. The number of nitrogens with one attached hydrogen (secondary N) is 2. The SMILES string of the molecule is CCCCNc1ccc(C(=O)Nc2cc3n(n2)CCN3c2ccc3c(c2)CCN(C)C3=O)cc1. The summed E-state index contributed by atoms with van der Waals surface area (Å²) in [7, 11) is 1.84. The quantitative estimate of drug-likeness (QED) is 0.521. The largest absolute Gasteiger partial charge is 0.385 e. The first kappa shape index (κ1) is 22.0. The maximum Gasteiger partial charge on any atom is 0.256 e. The van der Waals surface area contributed by atoms with Gasteiger partial charge in [-0.3, -0.25) is 9.59 Å². The Morgan fingerprint density at radius 1 is 1.06 bits per heavy atom. The molecular weight excluding hydrogens is 428 g/mol. The van der Waals surface area contributed by atoms with E-state index in [0.29, 0.717) is 11.4 Å². The Hall–Kier alpha value is -3.81. The molecule has 0 bridgehead atoms. The number of anilines is 4. The molecule has 0 saturated heterocycles. The summed E-state index contributed by atoms with van der Waals surface area (Å²) in [5.41, 5.74) is 4.51. The average Bonchev–Trinajstić information content (AvgIpc) is 3.42. The van der Waals surface area contributed by atoms with Gasteiger partial charge in [-0.25, -0.2) is 4.68 Å². The molecule has 0 aliphatic carbocycles. The number of carbonyl (C=O) groups excluding carboxylic acids is 2. The van der Waals surface area contributed by atoms with Crippen molar-refractivity contribution in [1.82, 2.24) is 14.7 Å². The molecule has 3 heterocycles. The lowest BCUT2D eigenvalue weighted by Gasteiger charge is -2.26. The molecule has 2 aliphatic rings. The third kappa shape index (κ3) is 4.23. The van der Waals surface area contributed by atoms with Gasteiger partial charge in [0.05, 0.1) is 6.54 Å². The highest BCUT2D eigenvalue weighted by atomic mass is 16.2. The van der Waals surface area contributed by atoms with Crippen molar-refractivity contribution in [2.45, 2.75) is 32.7 Å². The van der Waals surface area contributed by atoms with E-state index in [-0.39, 0.29) is 11.8 Å². The highest BCUT2D eigenvalue weighted by Gasteiger charge is 2.26. The number of amides is 2. The molecule has 0 unspecified atom stereocenters. The summed E-state index contributed by atoms with van der Waals surface area (Å²) in [5.74, 6) is 1.36. The highest BCUT2D eigenvalue weighted by Crippen LogP contribution is 2.34. The fraction of sp³-hybridized carbons (Fsp3) is 0.346. The Balaban J connectivity index is 1.28. The summed E-state index contributed by atoms with van der Waals surface area (Å²) >= 11 is 0. The summed E-state index contributed by atoms with van der Waals surface area (Å²) < 4.78 is 1.91. The third-order valence-electron chi connectivity index (χ3n) is 6.51. The molecular formula is C26H30N6O2. The summed E-state index contributed by atoms with van der Waals surface area (Å²) in [4.78, 5) is 29.1. The number of aromatic nitrogens is 2. The van der Waals surface area contributed by atoms with E-state index in [1.165, 1.54) is 0 Å². The van der Waals surface area contributed by atoms with E-state index in [4.69, 9.17) is 0 Å². The number of hydrogen-bond donors (Lipinski definition) is 2. The fourth-order valence-electron chi connectivity index (χ4n) is 4.52. The van der Waals surface area contributed by atoms with Crippen LogP contribution in [0.3, 0.4) is 0 Å². The van der Waals surface area contributed by atoms with Crippen molar-refractivity contribution in [3.63, 3.8) is 0 Å². The molecule has 1 aromatic heterocycles. The van der Waals surface area contributed by atoms with E-state index >= 15 is 0 Å². The summed E-state index contributed by atoms with van der Waals surface area (Å²) in [5, 5.41) is 10.9. The normalized spacial score (nSPS) is 14.7. The van der Waals surface area contributed by atoms with Crippen molar-refractivity contribution < 1.29 is 9.59 Å². The zero-order valence-corrected chi connectivity index (χ0v) is 19.7. The highest BCUT2D eigenvalue weighted by molar-refractivity contribution is 6.04. The van der Waals surface area contributed by atoms with Gasteiger partial charge in [0, 0.05) is 55.2 Å². The van der Waals surface area contributed by atoms with Gasteiger partial charge in [0.1, 0.15) is 5.82 Å². The van der Waals surface area contributed by atoms with Crippen LogP contribution >= 0.6 is 0 Å². The first-order valence-corrected chi connectivity index (χ1v) is 11.9. The molecule has 34 heavy (non-hydrogen) atoms. The van der Waals surface area contributed by atoms with Crippen molar-refractivity contribution in [1.29, 1.82) is 0 Å². The molecule has 2 aromatic carbocycles. The number of nitrogens with zero attached hydrogens (tertiary/aromatic N) is 4. The molecule has 176 valence electrons. The van der Waals surface area contributed by atoms with Crippen molar-refractivity contribution in [3.05, 3.63) is 65.2 Å². The number of fused-ring (bicyclic) bond motifs is 2. The van der Waals surface area contributed by atoms with Crippen LogP contribution in [-0.2, 0) is 13.0 Å². The van der Waals surface area contributed by atoms with E-state index in [0.717, 1.165) is 73.8 Å². The average molecular weight is 459 g/mol. The predicted molar refractivity (Wildman–Crippen MR) is 134 cm³/mol. The maximum absolute atomic E-state index is 12.8. The van der Waals surface area contributed by atoms with Crippen LogP contribution in [0.15, 0.2) is 48.5 Å². The van der Waals surface area contributed by atoms with Crippen molar-refractivity contribution in [2.75, 3.05) is 42.2 Å². The molecule has 0 fully saturated rings. The van der Waals surface area contributed by atoms with Crippen LogP contribution < -0.4 is 15.5 Å². The number of likely N-dealkylation sites (N-methyl/N-ethyl adjacent to an activating group) is 1. The molecule has 2 N–H and O–H groups in total. The second-order valence-corrected chi connectivity index (χ2v) is 8.89. The molecule has 0 spiro atoms. The van der Waals surface area contributed by atoms with Crippen LogP contribution in [0.1, 0.15) is 46.0 Å². The topological polar surface area (TPSA) is 82.5 Å². The minimum atomic E-state index is -0.181. The van der Waals surface area contributed by atoms with Gasteiger partial charge in [-0.1, -0.05) is 13.3 Å². The van der Waals surface area contributed by atoms with Crippen molar-refractivity contribution in [2.24, 2.45) is 0 Å². The number of unbranched alkanes of at least 4 members (excludes halogenated alkanes) is 1. The molecule has 2 amide bonds. The summed E-state index contributed by atoms with van der Waals surface area (Å²) in [6.07, 6.45) is 3.11. The van der Waals surface area contributed by atoms with Crippen LogP contribution in [0.25, 0.3) is 0 Å². The number of benzene rings is 2. The van der Waals surface area contributed by atoms with E-state index < -0.39 is 0 Å². The lowest BCUT2D eigenvalue weighted by molar-refractivity contribution is 0.0780. The second-order valence-electron chi connectivity index (χ2n) is 8.89. The summed E-state index contributed by atoms with van der Waals surface area (Å²) in [6, 6.07) is 15.4. The van der Waals surface area contributed by atoms with Crippen LogP contribution in [0.2, 0.25) is 0 Å². The molecule has 2 aliphatic heterocycles. The van der Waals surface area contributed by atoms with Crippen LogP contribution in [0.5, 0.6) is 0 Å². The molecule has 3 aromatic rings. The Labute approximate surface area is 199 Å². The van der Waals surface area contributed by atoms with Crippen LogP contribution in [0.4, 0.5) is 23.0 Å². The minimum Gasteiger partial charge on any atom is -0.385 e. The van der Waals surface area contributed by atoms with Crippen molar-refractivity contribution in [3.8, 4) is 0 Å². The third-order valence-corrected chi connectivity index (χ3v) is 6.51. The number of hydrogen-bond acceptors (Lipinski definition) is 5. The van der Waals surface area contributed by atoms with E-state index in [1.54, 1.807) is 4.90 Å². The van der Waals surface area contributed by atoms with Crippen LogP contribution in [0, 0.1) is 0 Å². The van der Waals surface area contributed by atoms with Crippen LogP contribution in [-0.4, -0.2) is 53.2 Å². The molecule has 0 atom stereocenters. The van der Waals surface area contributed by atoms with Crippen molar-refractivity contribution >= 4 is 34.8 Å². The predicted octanol–water partition coefficient (Wildman–Crippen LogP) is 4.13. The zero-order valence-electron chi connectivity index (χ0n) is 19.7. The maximum atomic E-state index is 12.8. The van der Waals surface area contributed by atoms with Gasteiger partial charge < -0.3 is 20.4 Å². The second kappa shape index (κ2) is 9.21. The van der Waals surface area contributed by atoms with Gasteiger partial charge in [-0.2, -0.15) is 5.10 Å². The van der Waals surface area contributed by atoms with Gasteiger partial charge in [0.2, 0.25) is 0 Å². The Morgan fingerprint density at radius 3 is 2.68 bits per heavy atom. The Kier molecular flexibility index (Phi) is 5.96. The Bertz CT molecular complexity index is 1220. The van der Waals surface area contributed by atoms with Gasteiger partial charge in [-0.05, 0) is 60.9 Å². The van der Waals surface area contributed by atoms with E-state index in [2.05, 4.69) is 33.6 Å². The Morgan fingerprint density at radius 2 is 1.88 bits per heavy atom. The van der Waals surface area contributed by atoms with Gasteiger partial charge in [-0.15, -0.1) is 0 Å². The standard InChI is InChI=1S/C26H30N6O2/c1-3-4-12-27-20-7-5-18(6-8-20)25(33)28-23-17-24-31(14-15-32(24)29-23)21-9-10-22-19(16-21)11-13-30(2)26(22)34/h5-10,16-17,27H,3-4,11-15H2,1-2H3,(H,28,29,33). The molecule has 0 radical (unpaired) electrons. The van der Waals surface area contributed by atoms with Gasteiger partial charge >= 0.3 is 0 Å². The first-order chi connectivity index (χ1) is 16.5. The molecule has 8 nitrogen and oxygen atoms in total. The minimum absolute atomic E-state index is 0.0778. The molecule has 5 rings (SSSR count). The summed E-state index contributed by atoms with van der Waals surface area (Å²) in [6.45, 7) is 5.36. The van der Waals surface area contributed by atoms with E-state index in [1.807, 2.05) is 54.2 Å². The van der Waals surface area contributed by atoms with Gasteiger partial charge in [0.15, 0.2) is 5.82 Å². The molecule has 0 saturated carbocycles. The number of rotatable bonds is 7. The lowest BCUT2D eigenvalue weighted by atomic mass is 9.98.